The first kappa shape index (κ1) is 23.3. The molecule has 4 aromatic rings. The number of fused-ring (bicyclic) bond motifs is 2. The molecule has 0 bridgehead atoms. The van der Waals surface area contributed by atoms with Gasteiger partial charge in [-0.3, -0.25) is 19.3 Å². The number of hydrogen-bond acceptors (Lipinski definition) is 7. The van der Waals surface area contributed by atoms with Crippen LogP contribution in [0.2, 0.25) is 0 Å². The van der Waals surface area contributed by atoms with E-state index in [1.54, 1.807) is 28.0 Å². The van der Waals surface area contributed by atoms with Gasteiger partial charge in [-0.25, -0.2) is 4.79 Å². The highest BCUT2D eigenvalue weighted by Gasteiger charge is 2.27. The number of ether oxygens (including phenoxy) is 2. The molecule has 184 valence electrons. The molecule has 1 amide bonds. The maximum atomic E-state index is 13.1. The van der Waals surface area contributed by atoms with Gasteiger partial charge in [0.05, 0.1) is 12.6 Å². The second-order valence-electron chi connectivity index (χ2n) is 8.48. The van der Waals surface area contributed by atoms with Gasteiger partial charge in [-0.1, -0.05) is 24.3 Å². The Morgan fingerprint density at radius 1 is 1.08 bits per heavy atom. The zero-order chi connectivity index (χ0) is 25.1. The Morgan fingerprint density at radius 3 is 2.72 bits per heavy atom. The molecule has 0 N–H and O–H groups in total. The van der Waals surface area contributed by atoms with Crippen molar-refractivity contribution in [2.24, 2.45) is 0 Å². The molecule has 0 saturated heterocycles. The summed E-state index contributed by atoms with van der Waals surface area (Å²) < 4.78 is 14.0. The van der Waals surface area contributed by atoms with Gasteiger partial charge in [-0.15, -0.1) is 0 Å². The third kappa shape index (κ3) is 4.70. The van der Waals surface area contributed by atoms with E-state index in [1.165, 1.54) is 17.7 Å². The fourth-order valence-corrected chi connectivity index (χ4v) is 4.41. The molecule has 0 radical (unpaired) electrons. The normalized spacial score (nSPS) is 13.2. The van der Waals surface area contributed by atoms with Crippen molar-refractivity contribution in [3.05, 3.63) is 88.2 Å². The van der Waals surface area contributed by atoms with E-state index in [0.717, 1.165) is 16.5 Å². The SMILES string of the molecule is COC(=O)c1c(OCc2cccnc2)cc(=O)n2c1CCN(C(=O)Cn1cc3ccccc3n1)CC2. The quantitative estimate of drug-likeness (QED) is 0.383. The monoisotopic (exact) mass is 487 g/mol. The average Bonchev–Trinajstić information content (AvgIpc) is 3.16. The number of aromatic nitrogens is 4. The highest BCUT2D eigenvalue weighted by Crippen LogP contribution is 2.25. The van der Waals surface area contributed by atoms with E-state index in [-0.39, 0.29) is 42.5 Å². The number of nitrogens with zero attached hydrogens (tertiary/aromatic N) is 5. The van der Waals surface area contributed by atoms with Crippen molar-refractivity contribution >= 4 is 22.8 Å². The van der Waals surface area contributed by atoms with Crippen LogP contribution in [0.4, 0.5) is 0 Å². The second-order valence-corrected chi connectivity index (χ2v) is 8.48. The lowest BCUT2D eigenvalue weighted by Crippen LogP contribution is -2.36. The Kier molecular flexibility index (Phi) is 6.48. The number of pyridine rings is 2. The summed E-state index contributed by atoms with van der Waals surface area (Å²) in [5.41, 5.74) is 2.02. The van der Waals surface area contributed by atoms with E-state index in [1.807, 2.05) is 36.5 Å². The van der Waals surface area contributed by atoms with Crippen LogP contribution < -0.4 is 10.3 Å². The second kappa shape index (κ2) is 10.0. The minimum atomic E-state index is -0.594. The number of methoxy groups -OCH3 is 1. The lowest BCUT2D eigenvalue weighted by Gasteiger charge is -2.19. The van der Waals surface area contributed by atoms with Crippen molar-refractivity contribution in [2.45, 2.75) is 26.1 Å². The van der Waals surface area contributed by atoms with Crippen LogP contribution in [0.3, 0.4) is 0 Å². The predicted octanol–water partition coefficient (Wildman–Crippen LogP) is 2.04. The van der Waals surface area contributed by atoms with Crippen LogP contribution in [-0.2, 0) is 35.6 Å². The van der Waals surface area contributed by atoms with Gasteiger partial charge in [0, 0.05) is 67.4 Å². The van der Waals surface area contributed by atoms with Crippen molar-refractivity contribution in [3.8, 4) is 5.75 Å². The molecule has 1 aromatic carbocycles. The maximum absolute atomic E-state index is 13.1. The summed E-state index contributed by atoms with van der Waals surface area (Å²) in [5.74, 6) is -0.552. The molecule has 1 aliphatic rings. The summed E-state index contributed by atoms with van der Waals surface area (Å²) >= 11 is 0. The van der Waals surface area contributed by atoms with Gasteiger partial charge in [-0.05, 0) is 12.1 Å². The summed E-state index contributed by atoms with van der Waals surface area (Å²) in [6, 6.07) is 12.6. The molecule has 36 heavy (non-hydrogen) atoms. The maximum Gasteiger partial charge on any atom is 0.343 e. The van der Waals surface area contributed by atoms with Gasteiger partial charge in [0.25, 0.3) is 5.56 Å². The smallest absolute Gasteiger partial charge is 0.343 e. The minimum Gasteiger partial charge on any atom is -0.488 e. The molecule has 0 atom stereocenters. The van der Waals surface area contributed by atoms with Crippen LogP contribution in [-0.4, -0.2) is 56.3 Å². The van der Waals surface area contributed by atoms with Crippen molar-refractivity contribution < 1.29 is 19.1 Å². The molecule has 0 aliphatic carbocycles. The van der Waals surface area contributed by atoms with Gasteiger partial charge in [0.15, 0.2) is 0 Å². The number of benzene rings is 1. The number of amides is 1. The molecule has 1 aliphatic heterocycles. The molecule has 10 heteroatoms. The molecule has 0 spiro atoms. The zero-order valence-electron chi connectivity index (χ0n) is 19.8. The lowest BCUT2D eigenvalue weighted by molar-refractivity contribution is -0.132. The molecule has 0 fully saturated rings. The Hall–Kier alpha value is -4.47. The molecule has 10 nitrogen and oxygen atoms in total. The number of esters is 1. The van der Waals surface area contributed by atoms with Crippen LogP contribution in [0.1, 0.15) is 21.6 Å². The van der Waals surface area contributed by atoms with Crippen molar-refractivity contribution in [1.82, 2.24) is 24.2 Å². The Labute approximate surface area is 206 Å². The molecule has 5 rings (SSSR count). The topological polar surface area (TPSA) is 109 Å². The van der Waals surface area contributed by atoms with Crippen molar-refractivity contribution in [2.75, 3.05) is 20.2 Å². The molecule has 4 heterocycles. The molecular formula is C26H25N5O5. The first-order chi connectivity index (χ1) is 17.5. The fourth-order valence-electron chi connectivity index (χ4n) is 4.41. The Morgan fingerprint density at radius 2 is 1.94 bits per heavy atom. The highest BCUT2D eigenvalue weighted by molar-refractivity contribution is 5.93. The predicted molar refractivity (Wildman–Crippen MR) is 131 cm³/mol. The van der Waals surface area contributed by atoms with Gasteiger partial charge < -0.3 is 18.9 Å². The number of carbonyl (C=O) groups is 2. The average molecular weight is 488 g/mol. The van der Waals surface area contributed by atoms with E-state index >= 15 is 0 Å². The van der Waals surface area contributed by atoms with Gasteiger partial charge >= 0.3 is 5.97 Å². The van der Waals surface area contributed by atoms with Crippen LogP contribution in [0.5, 0.6) is 5.75 Å². The summed E-state index contributed by atoms with van der Waals surface area (Å²) in [6.45, 7) is 1.17. The highest BCUT2D eigenvalue weighted by atomic mass is 16.5. The summed E-state index contributed by atoms with van der Waals surface area (Å²) in [4.78, 5) is 44.6. The fraction of sp³-hybridized carbons (Fsp3) is 0.269. The van der Waals surface area contributed by atoms with E-state index in [2.05, 4.69) is 10.1 Å². The third-order valence-corrected chi connectivity index (χ3v) is 6.21. The Bertz CT molecular complexity index is 1440. The van der Waals surface area contributed by atoms with E-state index < -0.39 is 5.97 Å². The largest absolute Gasteiger partial charge is 0.488 e. The molecule has 0 unspecified atom stereocenters. The first-order valence-corrected chi connectivity index (χ1v) is 11.6. The lowest BCUT2D eigenvalue weighted by atomic mass is 10.1. The van der Waals surface area contributed by atoms with Crippen LogP contribution in [0.25, 0.3) is 10.9 Å². The summed E-state index contributed by atoms with van der Waals surface area (Å²) in [5, 5.41) is 5.42. The molecule has 0 saturated carbocycles. The van der Waals surface area contributed by atoms with E-state index in [4.69, 9.17) is 9.47 Å². The van der Waals surface area contributed by atoms with E-state index in [0.29, 0.717) is 25.2 Å². The number of carbonyl (C=O) groups excluding carboxylic acids is 2. The Balaban J connectivity index is 1.38. The van der Waals surface area contributed by atoms with Gasteiger partial charge in [0.2, 0.25) is 5.91 Å². The zero-order valence-corrected chi connectivity index (χ0v) is 19.8. The van der Waals surface area contributed by atoms with Gasteiger partial charge in [0.1, 0.15) is 24.5 Å². The number of hydrogen-bond donors (Lipinski definition) is 0. The molecular weight excluding hydrogens is 462 g/mol. The first-order valence-electron chi connectivity index (χ1n) is 11.6. The van der Waals surface area contributed by atoms with Crippen molar-refractivity contribution in [3.63, 3.8) is 0 Å². The van der Waals surface area contributed by atoms with Gasteiger partial charge in [-0.2, -0.15) is 5.10 Å². The summed E-state index contributed by atoms with van der Waals surface area (Å²) in [7, 11) is 1.29. The summed E-state index contributed by atoms with van der Waals surface area (Å²) in [6.07, 6.45) is 5.45. The van der Waals surface area contributed by atoms with Crippen molar-refractivity contribution in [1.29, 1.82) is 0 Å². The third-order valence-electron chi connectivity index (χ3n) is 6.21. The molecule has 3 aromatic heterocycles. The van der Waals surface area contributed by atoms with Crippen LogP contribution in [0, 0.1) is 0 Å². The van der Waals surface area contributed by atoms with E-state index in [9.17, 15) is 14.4 Å². The number of rotatable bonds is 6. The van der Waals surface area contributed by atoms with Crippen LogP contribution in [0.15, 0.2) is 65.8 Å². The van der Waals surface area contributed by atoms with Crippen LogP contribution >= 0.6 is 0 Å². The minimum absolute atomic E-state index is 0.0866. The standard InChI is InChI=1S/C26H25N5O5/c1-35-26(34)25-21-8-10-29(24(33)16-30-15-19-6-2-3-7-20(19)28-30)11-12-31(21)23(32)13-22(25)36-17-18-5-4-9-27-14-18/h2-7,9,13-15H,8,10-12,16-17H2,1H3.